The first-order valence-corrected chi connectivity index (χ1v) is 5.30. The smallest absolute Gasteiger partial charge is 0.265 e. The summed E-state index contributed by atoms with van der Waals surface area (Å²) in [6.45, 7) is -0.793. The number of primary amides is 2. The van der Waals surface area contributed by atoms with Gasteiger partial charge in [-0.15, -0.1) is 0 Å². The van der Waals surface area contributed by atoms with Gasteiger partial charge in [0.25, 0.3) is 6.43 Å². The first-order valence-electron chi connectivity index (χ1n) is 5.30. The Morgan fingerprint density at radius 1 is 1.16 bits per heavy atom. The van der Waals surface area contributed by atoms with E-state index in [1.165, 1.54) is 12.1 Å². The molecular formula is C11H14F2N4O2. The highest BCUT2D eigenvalue weighted by atomic mass is 19.3. The third kappa shape index (κ3) is 4.09. The summed E-state index contributed by atoms with van der Waals surface area (Å²) in [5, 5.41) is 0. The van der Waals surface area contributed by atoms with Gasteiger partial charge in [-0.25, -0.2) is 8.78 Å². The average Bonchev–Trinajstić information content (AvgIpc) is 2.26. The Bertz CT molecular complexity index is 478. The summed E-state index contributed by atoms with van der Waals surface area (Å²) in [7, 11) is 0. The van der Waals surface area contributed by atoms with Gasteiger partial charge in [0.1, 0.15) is 0 Å². The summed E-state index contributed by atoms with van der Waals surface area (Å²) in [5.41, 5.74) is 15.2. The number of carbonyl (C=O) groups excluding carboxylic acids is 2. The molecule has 0 aliphatic carbocycles. The van der Waals surface area contributed by atoms with Crippen LogP contribution in [0.2, 0.25) is 0 Å². The van der Waals surface area contributed by atoms with Crippen molar-refractivity contribution in [3.05, 3.63) is 23.8 Å². The Morgan fingerprint density at radius 3 is 2.11 bits per heavy atom. The molecule has 8 heteroatoms. The van der Waals surface area contributed by atoms with E-state index in [9.17, 15) is 18.4 Å². The lowest BCUT2D eigenvalue weighted by Gasteiger charge is -2.24. The van der Waals surface area contributed by atoms with Gasteiger partial charge in [-0.3, -0.25) is 9.59 Å². The second-order valence-electron chi connectivity index (χ2n) is 3.91. The standard InChI is InChI=1S/C11H14F2N4O2/c12-11(13)7-3-6(14)1-2-8(7)17(4-9(15)18)5-10(16)19/h1-3,11H,4-5,14H2,(H2,15,18)(H2,16,19). The highest BCUT2D eigenvalue weighted by Gasteiger charge is 2.20. The van der Waals surface area contributed by atoms with E-state index in [-0.39, 0.29) is 16.9 Å². The lowest BCUT2D eigenvalue weighted by atomic mass is 10.1. The fourth-order valence-electron chi connectivity index (χ4n) is 1.64. The van der Waals surface area contributed by atoms with Crippen LogP contribution in [0.1, 0.15) is 12.0 Å². The van der Waals surface area contributed by atoms with E-state index >= 15 is 0 Å². The van der Waals surface area contributed by atoms with Crippen molar-refractivity contribution >= 4 is 23.2 Å². The van der Waals surface area contributed by atoms with Crippen molar-refractivity contribution in [1.29, 1.82) is 0 Å². The molecule has 0 aliphatic rings. The van der Waals surface area contributed by atoms with Gasteiger partial charge in [-0.05, 0) is 18.2 Å². The van der Waals surface area contributed by atoms with Crippen LogP contribution in [0.4, 0.5) is 20.2 Å². The van der Waals surface area contributed by atoms with Crippen molar-refractivity contribution in [2.45, 2.75) is 6.43 Å². The molecule has 6 N–H and O–H groups in total. The molecule has 0 saturated carbocycles. The highest BCUT2D eigenvalue weighted by molar-refractivity contribution is 5.85. The Kier molecular flexibility index (Phi) is 4.62. The summed E-state index contributed by atoms with van der Waals surface area (Å²) in [4.78, 5) is 22.9. The number of nitrogen functional groups attached to an aromatic ring is 1. The molecule has 0 heterocycles. The van der Waals surface area contributed by atoms with Gasteiger partial charge >= 0.3 is 0 Å². The molecule has 19 heavy (non-hydrogen) atoms. The molecule has 0 unspecified atom stereocenters. The number of rotatable bonds is 6. The van der Waals surface area contributed by atoms with Gasteiger partial charge in [0, 0.05) is 16.9 Å². The van der Waals surface area contributed by atoms with Crippen LogP contribution in [-0.4, -0.2) is 24.9 Å². The largest absolute Gasteiger partial charge is 0.399 e. The fourth-order valence-corrected chi connectivity index (χ4v) is 1.64. The van der Waals surface area contributed by atoms with Crippen LogP contribution in [0.25, 0.3) is 0 Å². The number of carbonyl (C=O) groups is 2. The van der Waals surface area contributed by atoms with Crippen LogP contribution >= 0.6 is 0 Å². The third-order valence-electron chi connectivity index (χ3n) is 2.32. The molecule has 0 bridgehead atoms. The number of anilines is 2. The van der Waals surface area contributed by atoms with Gasteiger partial charge in [-0.1, -0.05) is 0 Å². The summed E-state index contributed by atoms with van der Waals surface area (Å²) in [6.07, 6.45) is -2.80. The van der Waals surface area contributed by atoms with Crippen LogP contribution in [0.15, 0.2) is 18.2 Å². The Morgan fingerprint density at radius 2 is 1.68 bits per heavy atom. The Balaban J connectivity index is 3.20. The molecule has 0 aliphatic heterocycles. The molecule has 0 spiro atoms. The number of nitrogens with zero attached hydrogens (tertiary/aromatic N) is 1. The quantitative estimate of drug-likeness (QED) is 0.631. The SMILES string of the molecule is NC(=O)CN(CC(N)=O)c1ccc(N)cc1C(F)F. The van der Waals surface area contributed by atoms with Gasteiger partial charge in [0.2, 0.25) is 11.8 Å². The van der Waals surface area contributed by atoms with E-state index < -0.39 is 31.3 Å². The maximum atomic E-state index is 12.9. The fraction of sp³-hybridized carbons (Fsp3) is 0.273. The van der Waals surface area contributed by atoms with E-state index in [1.807, 2.05) is 0 Å². The maximum Gasteiger partial charge on any atom is 0.265 e. The first kappa shape index (κ1) is 14.7. The normalized spacial score (nSPS) is 10.5. The molecule has 0 aromatic heterocycles. The van der Waals surface area contributed by atoms with E-state index in [1.54, 1.807) is 0 Å². The van der Waals surface area contributed by atoms with Crippen LogP contribution in [-0.2, 0) is 9.59 Å². The van der Waals surface area contributed by atoms with Crippen LogP contribution in [0.3, 0.4) is 0 Å². The second kappa shape index (κ2) is 5.98. The molecule has 104 valence electrons. The summed E-state index contributed by atoms with van der Waals surface area (Å²) >= 11 is 0. The zero-order valence-corrected chi connectivity index (χ0v) is 9.98. The number of benzene rings is 1. The summed E-state index contributed by atoms with van der Waals surface area (Å²) < 4.78 is 25.9. The lowest BCUT2D eigenvalue weighted by molar-refractivity contribution is -0.117. The minimum Gasteiger partial charge on any atom is -0.399 e. The summed E-state index contributed by atoms with van der Waals surface area (Å²) in [5.74, 6) is -1.53. The number of nitrogens with two attached hydrogens (primary N) is 3. The maximum absolute atomic E-state index is 12.9. The van der Waals surface area contributed by atoms with E-state index in [2.05, 4.69) is 0 Å². The van der Waals surface area contributed by atoms with Crippen molar-refractivity contribution in [2.75, 3.05) is 23.7 Å². The van der Waals surface area contributed by atoms with Crippen LogP contribution in [0, 0.1) is 0 Å². The molecule has 1 aromatic rings. The number of hydrogen-bond acceptors (Lipinski definition) is 4. The topological polar surface area (TPSA) is 115 Å². The Labute approximate surface area is 108 Å². The van der Waals surface area contributed by atoms with E-state index in [4.69, 9.17) is 17.2 Å². The van der Waals surface area contributed by atoms with Crippen molar-refractivity contribution in [1.82, 2.24) is 0 Å². The predicted molar refractivity (Wildman–Crippen MR) is 66.4 cm³/mol. The molecule has 1 rings (SSSR count). The van der Waals surface area contributed by atoms with Gasteiger partial charge < -0.3 is 22.1 Å². The van der Waals surface area contributed by atoms with Crippen molar-refractivity contribution in [3.63, 3.8) is 0 Å². The van der Waals surface area contributed by atoms with Gasteiger partial charge in [0.05, 0.1) is 13.1 Å². The molecule has 6 nitrogen and oxygen atoms in total. The molecule has 0 fully saturated rings. The number of hydrogen-bond donors (Lipinski definition) is 3. The average molecular weight is 272 g/mol. The zero-order chi connectivity index (χ0) is 14.6. The van der Waals surface area contributed by atoms with Crippen molar-refractivity contribution in [2.24, 2.45) is 11.5 Å². The van der Waals surface area contributed by atoms with Crippen molar-refractivity contribution < 1.29 is 18.4 Å². The minimum atomic E-state index is -2.80. The number of halogens is 2. The van der Waals surface area contributed by atoms with E-state index in [0.29, 0.717) is 0 Å². The molecule has 1 aromatic carbocycles. The molecule has 0 atom stereocenters. The lowest BCUT2D eigenvalue weighted by Crippen LogP contribution is -2.40. The van der Waals surface area contributed by atoms with E-state index in [0.717, 1.165) is 11.0 Å². The monoisotopic (exact) mass is 272 g/mol. The molecule has 0 saturated heterocycles. The molecule has 0 radical (unpaired) electrons. The summed E-state index contributed by atoms with van der Waals surface area (Å²) in [6, 6.07) is 3.76. The highest BCUT2D eigenvalue weighted by Crippen LogP contribution is 2.31. The molecule has 2 amide bonds. The van der Waals surface area contributed by atoms with Crippen molar-refractivity contribution in [3.8, 4) is 0 Å². The Hall–Kier alpha value is -2.38. The molecular weight excluding hydrogens is 258 g/mol. The number of alkyl halides is 2. The van der Waals surface area contributed by atoms with Crippen LogP contribution < -0.4 is 22.1 Å². The second-order valence-corrected chi connectivity index (χ2v) is 3.91. The predicted octanol–water partition coefficient (Wildman–Crippen LogP) is -0.0166. The zero-order valence-electron chi connectivity index (χ0n) is 9.98. The number of amides is 2. The van der Waals surface area contributed by atoms with Gasteiger partial charge in [-0.2, -0.15) is 0 Å². The third-order valence-corrected chi connectivity index (χ3v) is 2.32. The van der Waals surface area contributed by atoms with Crippen LogP contribution in [0.5, 0.6) is 0 Å². The minimum absolute atomic E-state index is 0.00167. The first-order chi connectivity index (χ1) is 8.81. The van der Waals surface area contributed by atoms with Gasteiger partial charge in [0.15, 0.2) is 0 Å².